The van der Waals surface area contributed by atoms with Crippen molar-refractivity contribution in [2.45, 2.75) is 27.4 Å². The average Bonchev–Trinajstić information content (AvgIpc) is 2.93. The van der Waals surface area contributed by atoms with Gasteiger partial charge in [0.1, 0.15) is 11.1 Å². The number of allylic oxidation sites excluding steroid dienone is 1. The molecule has 1 aromatic carbocycles. The average molecular weight is 395 g/mol. The van der Waals surface area contributed by atoms with E-state index in [0.29, 0.717) is 0 Å². The van der Waals surface area contributed by atoms with E-state index in [1.54, 1.807) is 17.4 Å². The molecule has 0 aliphatic heterocycles. The molecule has 1 aliphatic rings. The number of carbonyl (C=O) groups excluding carboxylic acids is 1. The molecule has 3 rings (SSSR count). The topological polar surface area (TPSA) is 26.3 Å². The van der Waals surface area contributed by atoms with Gasteiger partial charge in [-0.1, -0.05) is 61.3 Å². The summed E-state index contributed by atoms with van der Waals surface area (Å²) in [5, 5.41) is 2.06. The predicted octanol–water partition coefficient (Wildman–Crippen LogP) is 6.36. The lowest BCUT2D eigenvalue weighted by atomic mass is 10.0. The summed E-state index contributed by atoms with van der Waals surface area (Å²) in [6.07, 6.45) is 1.73. The standard InChI is InChI=1S/C20H20Cl2O2S/c1-12-13(6-4-7-14(12)16-8-5-9-25-16)11-24-19(23)18-15(10-17(21)22)20(18,2)3/h4-10,15,18H,11H2,1-3H3/t15-,18+/m1/s1. The van der Waals surface area contributed by atoms with Crippen molar-refractivity contribution in [3.05, 3.63) is 57.4 Å². The lowest BCUT2D eigenvalue weighted by molar-refractivity contribution is -0.147. The van der Waals surface area contributed by atoms with Crippen LogP contribution in [0.5, 0.6) is 0 Å². The number of hydrogen-bond donors (Lipinski definition) is 0. The maximum atomic E-state index is 12.5. The lowest BCUT2D eigenvalue weighted by Gasteiger charge is -2.11. The van der Waals surface area contributed by atoms with E-state index in [1.807, 2.05) is 32.0 Å². The molecule has 0 amide bonds. The van der Waals surface area contributed by atoms with E-state index in [0.717, 1.165) is 11.1 Å². The highest BCUT2D eigenvalue weighted by molar-refractivity contribution is 7.13. The van der Waals surface area contributed by atoms with Crippen LogP contribution >= 0.6 is 34.5 Å². The van der Waals surface area contributed by atoms with Crippen molar-refractivity contribution in [3.63, 3.8) is 0 Å². The summed E-state index contributed by atoms with van der Waals surface area (Å²) < 4.78 is 5.80. The number of thiophene rings is 1. The van der Waals surface area contributed by atoms with Gasteiger partial charge in [-0.2, -0.15) is 0 Å². The second-order valence-corrected chi connectivity index (χ2v) is 8.91. The van der Waals surface area contributed by atoms with Crippen molar-refractivity contribution in [2.75, 3.05) is 0 Å². The molecular weight excluding hydrogens is 375 g/mol. The van der Waals surface area contributed by atoms with Crippen LogP contribution in [0.25, 0.3) is 10.4 Å². The van der Waals surface area contributed by atoms with Crippen molar-refractivity contribution < 1.29 is 9.53 Å². The number of halogens is 2. The van der Waals surface area contributed by atoms with Crippen LogP contribution in [0.2, 0.25) is 0 Å². The molecule has 1 heterocycles. The normalized spacial score (nSPS) is 20.8. The van der Waals surface area contributed by atoms with Crippen molar-refractivity contribution >= 4 is 40.5 Å². The van der Waals surface area contributed by atoms with E-state index < -0.39 is 0 Å². The van der Waals surface area contributed by atoms with E-state index in [9.17, 15) is 4.79 Å². The fourth-order valence-electron chi connectivity index (χ4n) is 3.35. The van der Waals surface area contributed by atoms with Crippen LogP contribution in [-0.4, -0.2) is 5.97 Å². The first-order chi connectivity index (χ1) is 11.8. The molecule has 2 atom stereocenters. The number of carbonyl (C=O) groups is 1. The Labute approximate surface area is 162 Å². The van der Waals surface area contributed by atoms with Gasteiger partial charge in [0.05, 0.1) is 5.92 Å². The van der Waals surface area contributed by atoms with Crippen molar-refractivity contribution in [1.82, 2.24) is 0 Å². The molecule has 1 aromatic heterocycles. The van der Waals surface area contributed by atoms with E-state index in [2.05, 4.69) is 24.4 Å². The molecule has 0 saturated heterocycles. The Morgan fingerprint density at radius 3 is 2.68 bits per heavy atom. The van der Waals surface area contributed by atoms with Gasteiger partial charge >= 0.3 is 5.97 Å². The van der Waals surface area contributed by atoms with Gasteiger partial charge in [0.25, 0.3) is 0 Å². The number of rotatable bonds is 5. The summed E-state index contributed by atoms with van der Waals surface area (Å²) in [5.41, 5.74) is 3.19. The second kappa shape index (κ2) is 7.14. The van der Waals surface area contributed by atoms with Crippen LogP contribution in [0, 0.1) is 24.2 Å². The molecule has 1 fully saturated rings. The summed E-state index contributed by atoms with van der Waals surface area (Å²) >= 11 is 13.2. The SMILES string of the molecule is Cc1c(COC(=O)[C@@H]2[C@@H](C=C(Cl)Cl)C2(C)C)cccc1-c1cccs1. The highest BCUT2D eigenvalue weighted by Crippen LogP contribution is 2.60. The Kier molecular flexibility index (Phi) is 5.29. The molecule has 132 valence electrons. The third-order valence-corrected chi connectivity index (χ3v) is 6.23. The van der Waals surface area contributed by atoms with Crippen LogP contribution in [0.4, 0.5) is 0 Å². The number of hydrogen-bond acceptors (Lipinski definition) is 3. The molecule has 0 radical (unpaired) electrons. The smallest absolute Gasteiger partial charge is 0.310 e. The minimum absolute atomic E-state index is 0.0311. The first kappa shape index (κ1) is 18.5. The Morgan fingerprint density at radius 1 is 1.28 bits per heavy atom. The molecule has 0 bridgehead atoms. The molecule has 0 spiro atoms. The molecule has 25 heavy (non-hydrogen) atoms. The number of esters is 1. The minimum Gasteiger partial charge on any atom is -0.461 e. The van der Waals surface area contributed by atoms with Crippen LogP contribution in [-0.2, 0) is 16.1 Å². The second-order valence-electron chi connectivity index (χ2n) is 6.96. The van der Waals surface area contributed by atoms with Crippen LogP contribution < -0.4 is 0 Å². The molecule has 1 aliphatic carbocycles. The zero-order valence-electron chi connectivity index (χ0n) is 14.4. The Morgan fingerprint density at radius 2 is 2.04 bits per heavy atom. The predicted molar refractivity (Wildman–Crippen MR) is 105 cm³/mol. The quantitative estimate of drug-likeness (QED) is 0.551. The molecule has 5 heteroatoms. The molecule has 0 N–H and O–H groups in total. The molecule has 2 aromatic rings. The highest BCUT2D eigenvalue weighted by atomic mass is 35.5. The van der Waals surface area contributed by atoms with Gasteiger partial charge in [-0.15, -0.1) is 11.3 Å². The summed E-state index contributed by atoms with van der Waals surface area (Å²) in [7, 11) is 0. The van der Waals surface area contributed by atoms with Crippen molar-refractivity contribution in [2.24, 2.45) is 17.3 Å². The zero-order chi connectivity index (χ0) is 18.2. The molecular formula is C20H20Cl2O2S. The largest absolute Gasteiger partial charge is 0.461 e. The maximum absolute atomic E-state index is 12.5. The van der Waals surface area contributed by atoms with Gasteiger partial charge < -0.3 is 4.74 Å². The number of ether oxygens (including phenoxy) is 1. The third kappa shape index (κ3) is 3.79. The van der Waals surface area contributed by atoms with Crippen molar-refractivity contribution in [3.8, 4) is 10.4 Å². The monoisotopic (exact) mass is 394 g/mol. The van der Waals surface area contributed by atoms with Gasteiger partial charge in [-0.05, 0) is 52.5 Å². The lowest BCUT2D eigenvalue weighted by Crippen LogP contribution is -2.11. The van der Waals surface area contributed by atoms with Crippen molar-refractivity contribution in [1.29, 1.82) is 0 Å². The zero-order valence-corrected chi connectivity index (χ0v) is 16.7. The van der Waals surface area contributed by atoms with E-state index in [1.165, 1.54) is 10.4 Å². The van der Waals surface area contributed by atoms with E-state index >= 15 is 0 Å². The minimum atomic E-state index is -0.194. The van der Waals surface area contributed by atoms with Gasteiger partial charge in [0, 0.05) is 4.88 Å². The Bertz CT molecular complexity index is 805. The van der Waals surface area contributed by atoms with Crippen LogP contribution in [0.1, 0.15) is 25.0 Å². The number of benzene rings is 1. The molecule has 1 saturated carbocycles. The first-order valence-electron chi connectivity index (χ1n) is 8.14. The Hall–Kier alpha value is -1.29. The molecule has 2 nitrogen and oxygen atoms in total. The van der Waals surface area contributed by atoms with Gasteiger partial charge in [0.2, 0.25) is 0 Å². The van der Waals surface area contributed by atoms with Crippen LogP contribution in [0.15, 0.2) is 46.3 Å². The molecule has 0 unspecified atom stereocenters. The summed E-state index contributed by atoms with van der Waals surface area (Å²) in [6.45, 7) is 6.40. The summed E-state index contributed by atoms with van der Waals surface area (Å²) in [5.74, 6) is -0.355. The summed E-state index contributed by atoms with van der Waals surface area (Å²) in [6, 6.07) is 10.2. The van der Waals surface area contributed by atoms with E-state index in [4.69, 9.17) is 27.9 Å². The fraction of sp³-hybridized carbons (Fsp3) is 0.350. The Balaban J connectivity index is 1.70. The maximum Gasteiger partial charge on any atom is 0.310 e. The first-order valence-corrected chi connectivity index (χ1v) is 9.77. The van der Waals surface area contributed by atoms with Crippen LogP contribution in [0.3, 0.4) is 0 Å². The highest BCUT2D eigenvalue weighted by Gasteiger charge is 2.61. The van der Waals surface area contributed by atoms with Gasteiger partial charge in [-0.25, -0.2) is 0 Å². The third-order valence-electron chi connectivity index (χ3n) is 5.07. The van der Waals surface area contributed by atoms with Gasteiger partial charge in [0.15, 0.2) is 0 Å². The van der Waals surface area contributed by atoms with E-state index in [-0.39, 0.29) is 34.3 Å². The van der Waals surface area contributed by atoms with Gasteiger partial charge in [-0.3, -0.25) is 4.79 Å². The fourth-order valence-corrected chi connectivity index (χ4v) is 4.43. The summed E-state index contributed by atoms with van der Waals surface area (Å²) in [4.78, 5) is 13.7.